The summed E-state index contributed by atoms with van der Waals surface area (Å²) in [7, 11) is 1.81. The van der Waals surface area contributed by atoms with Gasteiger partial charge in [-0.2, -0.15) is 0 Å². The number of nitrogens with one attached hydrogen (secondary N) is 2. The van der Waals surface area contributed by atoms with E-state index < -0.39 is 0 Å². The van der Waals surface area contributed by atoms with Gasteiger partial charge in [0.15, 0.2) is 5.96 Å². The first-order valence-electron chi connectivity index (χ1n) is 8.26. The van der Waals surface area contributed by atoms with Crippen molar-refractivity contribution < 1.29 is 9.47 Å². The van der Waals surface area contributed by atoms with Gasteiger partial charge in [0.2, 0.25) is 0 Å². The van der Waals surface area contributed by atoms with Crippen LogP contribution in [0.5, 0.6) is 0 Å². The number of aliphatic imine (C=N–C) groups is 1. The van der Waals surface area contributed by atoms with Gasteiger partial charge in [-0.15, -0.1) is 0 Å². The lowest BCUT2D eigenvalue weighted by molar-refractivity contribution is 0.0203. The van der Waals surface area contributed by atoms with Crippen LogP contribution in [0.3, 0.4) is 0 Å². The Morgan fingerprint density at radius 1 is 1.29 bits per heavy atom. The number of rotatable bonds is 8. The summed E-state index contributed by atoms with van der Waals surface area (Å²) in [4.78, 5) is 4.24. The van der Waals surface area contributed by atoms with Gasteiger partial charge < -0.3 is 20.1 Å². The molecule has 1 atom stereocenters. The smallest absolute Gasteiger partial charge is 0.191 e. The number of nitrogens with zero attached hydrogens (tertiary/aromatic N) is 1. The van der Waals surface area contributed by atoms with Crippen LogP contribution in [-0.4, -0.2) is 52.0 Å². The molecule has 1 unspecified atom stereocenters. The van der Waals surface area contributed by atoms with Gasteiger partial charge in [-0.1, -0.05) is 13.8 Å². The zero-order valence-electron chi connectivity index (χ0n) is 14.2. The van der Waals surface area contributed by atoms with Gasteiger partial charge in [0, 0.05) is 46.1 Å². The van der Waals surface area contributed by atoms with E-state index in [0.717, 1.165) is 58.2 Å². The predicted octanol–water partition coefficient (Wildman–Crippen LogP) is 2.03. The quantitative estimate of drug-likeness (QED) is 0.409. The third-order valence-electron chi connectivity index (χ3n) is 4.04. The van der Waals surface area contributed by atoms with Gasteiger partial charge in [-0.3, -0.25) is 4.99 Å². The summed E-state index contributed by atoms with van der Waals surface area (Å²) >= 11 is 0. The van der Waals surface area contributed by atoms with Gasteiger partial charge in [0.05, 0.1) is 0 Å². The first-order valence-corrected chi connectivity index (χ1v) is 8.26. The van der Waals surface area contributed by atoms with E-state index in [-0.39, 0.29) is 0 Å². The molecule has 1 heterocycles. The molecule has 2 N–H and O–H groups in total. The summed E-state index contributed by atoms with van der Waals surface area (Å²) in [6.45, 7) is 10.9. The second kappa shape index (κ2) is 10.9. The molecule has 0 spiro atoms. The zero-order chi connectivity index (χ0) is 15.5. The van der Waals surface area contributed by atoms with Gasteiger partial charge in [0.1, 0.15) is 0 Å². The van der Waals surface area contributed by atoms with Crippen molar-refractivity contribution in [2.45, 2.75) is 46.1 Å². The summed E-state index contributed by atoms with van der Waals surface area (Å²) in [5.41, 5.74) is 0. The van der Waals surface area contributed by atoms with Crippen molar-refractivity contribution in [3.8, 4) is 0 Å². The Balaban J connectivity index is 2.01. The normalized spacial score (nSPS) is 18.8. The Kier molecular flexibility index (Phi) is 9.42. The van der Waals surface area contributed by atoms with Gasteiger partial charge in [-0.05, 0) is 38.0 Å². The lowest BCUT2D eigenvalue weighted by Crippen LogP contribution is -2.44. The maximum Gasteiger partial charge on any atom is 0.191 e. The minimum absolute atomic E-state index is 0.418. The molecule has 0 amide bonds. The van der Waals surface area contributed by atoms with E-state index >= 15 is 0 Å². The molecule has 1 rings (SSSR count). The zero-order valence-corrected chi connectivity index (χ0v) is 14.2. The summed E-state index contributed by atoms with van der Waals surface area (Å²) in [6, 6.07) is 0.418. The van der Waals surface area contributed by atoms with Gasteiger partial charge in [0.25, 0.3) is 0 Å². The lowest BCUT2D eigenvalue weighted by atomic mass is 10.0. The van der Waals surface area contributed by atoms with Crippen molar-refractivity contribution in [2.75, 3.05) is 40.0 Å². The molecule has 1 aliphatic rings. The standard InChI is InChI=1S/C16H33N3O2/c1-13(2)14(3)19-16(17-4)18-8-5-9-21-12-15-6-10-20-11-7-15/h13-15H,5-12H2,1-4H3,(H2,17,18,19). The van der Waals surface area contributed by atoms with E-state index in [9.17, 15) is 0 Å². The SMILES string of the molecule is CN=C(NCCCOCC1CCOCC1)NC(C)C(C)C. The fourth-order valence-corrected chi connectivity index (χ4v) is 2.12. The van der Waals surface area contributed by atoms with Crippen LogP contribution in [0.2, 0.25) is 0 Å². The molecule has 5 heteroatoms. The Bertz CT molecular complexity index is 289. The van der Waals surface area contributed by atoms with E-state index in [1.54, 1.807) is 0 Å². The van der Waals surface area contributed by atoms with Crippen molar-refractivity contribution >= 4 is 5.96 Å². The van der Waals surface area contributed by atoms with E-state index in [2.05, 4.69) is 36.4 Å². The average molecular weight is 299 g/mol. The van der Waals surface area contributed by atoms with Crippen molar-refractivity contribution in [1.82, 2.24) is 10.6 Å². The van der Waals surface area contributed by atoms with E-state index in [4.69, 9.17) is 9.47 Å². The fourth-order valence-electron chi connectivity index (χ4n) is 2.12. The number of ether oxygens (including phenoxy) is 2. The van der Waals surface area contributed by atoms with E-state index in [1.807, 2.05) is 7.05 Å². The third-order valence-corrected chi connectivity index (χ3v) is 4.04. The Hall–Kier alpha value is -0.810. The van der Waals surface area contributed by atoms with Crippen LogP contribution in [0.4, 0.5) is 0 Å². The molecule has 1 aliphatic heterocycles. The summed E-state index contributed by atoms with van der Waals surface area (Å²) in [6.07, 6.45) is 3.28. The molecule has 0 aromatic rings. The Morgan fingerprint density at radius 2 is 2.00 bits per heavy atom. The molecule has 0 radical (unpaired) electrons. The Morgan fingerprint density at radius 3 is 2.62 bits per heavy atom. The first-order chi connectivity index (χ1) is 10.1. The minimum Gasteiger partial charge on any atom is -0.381 e. The van der Waals surface area contributed by atoms with Crippen LogP contribution in [0, 0.1) is 11.8 Å². The maximum atomic E-state index is 5.75. The topological polar surface area (TPSA) is 54.9 Å². The fraction of sp³-hybridized carbons (Fsp3) is 0.938. The minimum atomic E-state index is 0.418. The number of hydrogen-bond donors (Lipinski definition) is 2. The van der Waals surface area contributed by atoms with Crippen LogP contribution >= 0.6 is 0 Å². The summed E-state index contributed by atoms with van der Waals surface area (Å²) in [5, 5.41) is 6.73. The number of hydrogen-bond acceptors (Lipinski definition) is 3. The molecule has 0 saturated carbocycles. The maximum absolute atomic E-state index is 5.75. The lowest BCUT2D eigenvalue weighted by Gasteiger charge is -2.22. The molecular formula is C16H33N3O2. The van der Waals surface area contributed by atoms with Gasteiger partial charge in [-0.25, -0.2) is 0 Å². The molecule has 0 aromatic carbocycles. The van der Waals surface area contributed by atoms with Crippen molar-refractivity contribution in [2.24, 2.45) is 16.8 Å². The second-order valence-electron chi connectivity index (χ2n) is 6.16. The average Bonchev–Trinajstić information content (AvgIpc) is 2.50. The molecule has 0 bridgehead atoms. The highest BCUT2D eigenvalue weighted by atomic mass is 16.5. The molecule has 0 aromatic heterocycles. The molecule has 5 nitrogen and oxygen atoms in total. The monoisotopic (exact) mass is 299 g/mol. The van der Waals surface area contributed by atoms with Crippen molar-refractivity contribution in [1.29, 1.82) is 0 Å². The van der Waals surface area contributed by atoms with Crippen molar-refractivity contribution in [3.63, 3.8) is 0 Å². The van der Waals surface area contributed by atoms with E-state index in [0.29, 0.717) is 17.9 Å². The van der Waals surface area contributed by atoms with Crippen LogP contribution in [0.25, 0.3) is 0 Å². The second-order valence-corrected chi connectivity index (χ2v) is 6.16. The summed E-state index contributed by atoms with van der Waals surface area (Å²) < 4.78 is 11.1. The highest BCUT2D eigenvalue weighted by Crippen LogP contribution is 2.14. The molecule has 0 aliphatic carbocycles. The van der Waals surface area contributed by atoms with Gasteiger partial charge >= 0.3 is 0 Å². The summed E-state index contributed by atoms with van der Waals surface area (Å²) in [5.74, 6) is 2.15. The van der Waals surface area contributed by atoms with E-state index in [1.165, 1.54) is 0 Å². The predicted molar refractivity (Wildman–Crippen MR) is 87.8 cm³/mol. The van der Waals surface area contributed by atoms with Crippen LogP contribution in [-0.2, 0) is 9.47 Å². The number of guanidine groups is 1. The molecule has 1 fully saturated rings. The molecule has 1 saturated heterocycles. The molecular weight excluding hydrogens is 266 g/mol. The van der Waals surface area contributed by atoms with Crippen LogP contribution < -0.4 is 10.6 Å². The van der Waals surface area contributed by atoms with Crippen molar-refractivity contribution in [3.05, 3.63) is 0 Å². The van der Waals surface area contributed by atoms with Crippen LogP contribution in [0.15, 0.2) is 4.99 Å². The first kappa shape index (κ1) is 18.2. The Labute approximate surface area is 129 Å². The van der Waals surface area contributed by atoms with Crippen LogP contribution in [0.1, 0.15) is 40.0 Å². The third kappa shape index (κ3) is 8.27. The highest BCUT2D eigenvalue weighted by Gasteiger charge is 2.13. The largest absolute Gasteiger partial charge is 0.381 e. The molecule has 21 heavy (non-hydrogen) atoms. The highest BCUT2D eigenvalue weighted by molar-refractivity contribution is 5.79. The molecule has 124 valence electrons.